The lowest BCUT2D eigenvalue weighted by molar-refractivity contribution is 0.0898. The van der Waals surface area contributed by atoms with E-state index in [-0.39, 0.29) is 36.3 Å². The summed E-state index contributed by atoms with van der Waals surface area (Å²) >= 11 is 1.35. The van der Waals surface area contributed by atoms with E-state index in [4.69, 9.17) is 10.2 Å². The standard InChI is InChI=1S/C16H23N3O2S.2ClH/c1-5-16(6-2,9-17)19-14(20)13-11(4)18-15(22-13)12-8-7-10(3)21-12;;/h7-8H,5-6,9,17H2,1-4H3,(H,19,20);2*1H. The summed E-state index contributed by atoms with van der Waals surface area (Å²) in [5.74, 6) is 1.41. The van der Waals surface area contributed by atoms with E-state index in [9.17, 15) is 4.79 Å². The Morgan fingerprint density at radius 1 is 1.29 bits per heavy atom. The second-order valence-electron chi connectivity index (χ2n) is 5.49. The molecule has 0 aliphatic rings. The van der Waals surface area contributed by atoms with Gasteiger partial charge in [0.1, 0.15) is 10.6 Å². The number of carbonyl (C=O) groups is 1. The molecule has 0 aromatic carbocycles. The smallest absolute Gasteiger partial charge is 0.263 e. The Labute approximate surface area is 159 Å². The Hall–Kier alpha value is -1.08. The Balaban J connectivity index is 0.00000264. The van der Waals surface area contributed by atoms with Crippen LogP contribution in [0.1, 0.15) is 47.8 Å². The average Bonchev–Trinajstić information content (AvgIpc) is 3.11. The number of hydrogen-bond donors (Lipinski definition) is 2. The van der Waals surface area contributed by atoms with Gasteiger partial charge in [-0.3, -0.25) is 4.79 Å². The molecule has 0 saturated heterocycles. The van der Waals surface area contributed by atoms with E-state index in [1.165, 1.54) is 11.3 Å². The molecule has 8 heteroatoms. The lowest BCUT2D eigenvalue weighted by atomic mass is 9.93. The van der Waals surface area contributed by atoms with E-state index in [0.717, 1.165) is 23.6 Å². The van der Waals surface area contributed by atoms with Crippen LogP contribution in [0.15, 0.2) is 16.5 Å². The minimum absolute atomic E-state index is 0. The monoisotopic (exact) mass is 393 g/mol. The van der Waals surface area contributed by atoms with Gasteiger partial charge in [-0.1, -0.05) is 13.8 Å². The van der Waals surface area contributed by atoms with Crippen molar-refractivity contribution in [2.75, 3.05) is 6.54 Å². The third-order valence-electron chi connectivity index (χ3n) is 4.08. The molecule has 0 aliphatic heterocycles. The molecule has 0 bridgehead atoms. The first-order valence-electron chi connectivity index (χ1n) is 7.51. The lowest BCUT2D eigenvalue weighted by Crippen LogP contribution is -2.52. The van der Waals surface area contributed by atoms with Crippen molar-refractivity contribution >= 4 is 42.1 Å². The first-order chi connectivity index (χ1) is 10.4. The number of nitrogens with two attached hydrogens (primary N) is 1. The summed E-state index contributed by atoms with van der Waals surface area (Å²) in [5.41, 5.74) is 6.21. The van der Waals surface area contributed by atoms with E-state index in [0.29, 0.717) is 22.9 Å². The largest absolute Gasteiger partial charge is 0.459 e. The SMILES string of the molecule is CCC(CC)(CN)NC(=O)c1sc(-c2ccc(C)o2)nc1C.Cl.Cl. The molecular weight excluding hydrogens is 369 g/mol. The van der Waals surface area contributed by atoms with Crippen molar-refractivity contribution in [3.05, 3.63) is 28.5 Å². The van der Waals surface area contributed by atoms with Crippen molar-refractivity contribution in [1.29, 1.82) is 0 Å². The van der Waals surface area contributed by atoms with E-state index in [1.807, 2.05) is 39.8 Å². The molecule has 2 aromatic heterocycles. The fourth-order valence-electron chi connectivity index (χ4n) is 2.33. The Morgan fingerprint density at radius 3 is 2.38 bits per heavy atom. The first kappa shape index (κ1) is 22.9. The second kappa shape index (κ2) is 9.42. The van der Waals surface area contributed by atoms with Crippen LogP contribution in [0.3, 0.4) is 0 Å². The summed E-state index contributed by atoms with van der Waals surface area (Å²) in [6.45, 7) is 8.22. The molecule has 136 valence electrons. The molecule has 0 atom stereocenters. The number of nitrogens with zero attached hydrogens (tertiary/aromatic N) is 1. The number of hydrogen-bond acceptors (Lipinski definition) is 5. The second-order valence-corrected chi connectivity index (χ2v) is 6.49. The molecule has 24 heavy (non-hydrogen) atoms. The number of halogens is 2. The highest BCUT2D eigenvalue weighted by Gasteiger charge is 2.28. The zero-order valence-electron chi connectivity index (χ0n) is 14.3. The van der Waals surface area contributed by atoms with Crippen molar-refractivity contribution in [2.24, 2.45) is 5.73 Å². The Kier molecular flexibility index (Phi) is 8.99. The van der Waals surface area contributed by atoms with Gasteiger partial charge in [-0.05, 0) is 38.8 Å². The highest BCUT2D eigenvalue weighted by atomic mass is 35.5. The van der Waals surface area contributed by atoms with Crippen LogP contribution in [-0.4, -0.2) is 23.0 Å². The third kappa shape index (κ3) is 4.72. The molecule has 0 spiro atoms. The van der Waals surface area contributed by atoms with Gasteiger partial charge in [-0.25, -0.2) is 4.98 Å². The van der Waals surface area contributed by atoms with Crippen LogP contribution >= 0.6 is 36.2 Å². The predicted molar refractivity (Wildman–Crippen MR) is 104 cm³/mol. The highest BCUT2D eigenvalue weighted by molar-refractivity contribution is 7.17. The van der Waals surface area contributed by atoms with Crippen LogP contribution in [0.2, 0.25) is 0 Å². The van der Waals surface area contributed by atoms with Gasteiger partial charge in [0.15, 0.2) is 10.8 Å². The first-order valence-corrected chi connectivity index (χ1v) is 8.33. The van der Waals surface area contributed by atoms with Crippen molar-refractivity contribution in [2.45, 2.75) is 46.1 Å². The Bertz CT molecular complexity index is 658. The molecule has 3 N–H and O–H groups in total. The number of carbonyl (C=O) groups excluding carboxylic acids is 1. The lowest BCUT2D eigenvalue weighted by Gasteiger charge is -2.31. The zero-order chi connectivity index (χ0) is 16.3. The van der Waals surface area contributed by atoms with Crippen molar-refractivity contribution < 1.29 is 9.21 Å². The molecule has 0 unspecified atom stereocenters. The summed E-state index contributed by atoms with van der Waals surface area (Å²) < 4.78 is 5.58. The minimum atomic E-state index is -0.352. The number of thiazole rings is 1. The fourth-order valence-corrected chi connectivity index (χ4v) is 3.25. The quantitative estimate of drug-likeness (QED) is 0.773. The van der Waals surface area contributed by atoms with E-state index < -0.39 is 0 Å². The number of nitrogens with one attached hydrogen (secondary N) is 1. The van der Waals surface area contributed by atoms with Crippen LogP contribution in [0.5, 0.6) is 0 Å². The summed E-state index contributed by atoms with van der Waals surface area (Å²) in [6.07, 6.45) is 1.60. The van der Waals surface area contributed by atoms with Crippen molar-refractivity contribution in [3.63, 3.8) is 0 Å². The molecule has 0 fully saturated rings. The van der Waals surface area contributed by atoms with Gasteiger partial charge >= 0.3 is 0 Å². The zero-order valence-corrected chi connectivity index (χ0v) is 16.8. The molecule has 2 aromatic rings. The molecule has 0 radical (unpaired) electrons. The predicted octanol–water partition coefficient (Wildman–Crippen LogP) is 4.11. The number of amides is 1. The summed E-state index contributed by atoms with van der Waals surface area (Å²) in [7, 11) is 0. The van der Waals surface area contributed by atoms with Crippen molar-refractivity contribution in [3.8, 4) is 10.8 Å². The summed E-state index contributed by atoms with van der Waals surface area (Å²) in [4.78, 5) is 17.7. The van der Waals surface area contributed by atoms with Crippen LogP contribution in [0, 0.1) is 13.8 Å². The maximum atomic E-state index is 12.6. The molecule has 2 heterocycles. The summed E-state index contributed by atoms with van der Waals surface area (Å²) in [6, 6.07) is 3.76. The summed E-state index contributed by atoms with van der Waals surface area (Å²) in [5, 5.41) is 3.81. The topological polar surface area (TPSA) is 81.1 Å². The molecular formula is C16H25Cl2N3O2S. The average molecular weight is 394 g/mol. The molecule has 5 nitrogen and oxygen atoms in total. The third-order valence-corrected chi connectivity index (χ3v) is 5.25. The molecule has 1 amide bonds. The van der Waals surface area contributed by atoms with Gasteiger partial charge in [-0.2, -0.15) is 0 Å². The van der Waals surface area contributed by atoms with Gasteiger partial charge in [0.25, 0.3) is 5.91 Å². The van der Waals surface area contributed by atoms with E-state index in [1.54, 1.807) is 0 Å². The van der Waals surface area contributed by atoms with Crippen LogP contribution in [0.25, 0.3) is 10.8 Å². The number of aromatic nitrogens is 1. The van der Waals surface area contributed by atoms with Crippen LogP contribution in [0.4, 0.5) is 0 Å². The molecule has 0 saturated carbocycles. The maximum Gasteiger partial charge on any atom is 0.263 e. The van der Waals surface area contributed by atoms with Crippen LogP contribution in [-0.2, 0) is 0 Å². The van der Waals surface area contributed by atoms with E-state index >= 15 is 0 Å². The molecule has 2 rings (SSSR count). The van der Waals surface area contributed by atoms with Crippen LogP contribution < -0.4 is 11.1 Å². The van der Waals surface area contributed by atoms with Crippen molar-refractivity contribution in [1.82, 2.24) is 10.3 Å². The number of rotatable bonds is 6. The number of aryl methyl sites for hydroxylation is 2. The van der Waals surface area contributed by atoms with Gasteiger partial charge < -0.3 is 15.5 Å². The van der Waals surface area contributed by atoms with E-state index in [2.05, 4.69) is 10.3 Å². The fraction of sp³-hybridized carbons (Fsp3) is 0.500. The van der Waals surface area contributed by atoms with Gasteiger partial charge in [0.2, 0.25) is 0 Å². The normalized spacial score (nSPS) is 10.7. The highest BCUT2D eigenvalue weighted by Crippen LogP contribution is 2.29. The molecule has 0 aliphatic carbocycles. The Morgan fingerprint density at radius 2 is 1.92 bits per heavy atom. The minimum Gasteiger partial charge on any atom is -0.459 e. The van der Waals surface area contributed by atoms with Gasteiger partial charge in [0, 0.05) is 6.54 Å². The number of furan rings is 1. The van der Waals surface area contributed by atoms with Gasteiger partial charge in [-0.15, -0.1) is 36.2 Å². The maximum absolute atomic E-state index is 12.6. The van der Waals surface area contributed by atoms with Gasteiger partial charge in [0.05, 0.1) is 11.2 Å².